The summed E-state index contributed by atoms with van der Waals surface area (Å²) in [6.07, 6.45) is 4.64. The molecule has 2 rings (SSSR count). The van der Waals surface area contributed by atoms with Crippen LogP contribution in [0.25, 0.3) is 0 Å². The first kappa shape index (κ1) is 15.5. The molecule has 0 aliphatic carbocycles. The van der Waals surface area contributed by atoms with E-state index < -0.39 is 0 Å². The highest BCUT2D eigenvalue weighted by atomic mass is 16.5. The Morgan fingerprint density at radius 3 is 2.60 bits per heavy atom. The first-order chi connectivity index (χ1) is 9.79. The summed E-state index contributed by atoms with van der Waals surface area (Å²) in [6.45, 7) is 3.75. The summed E-state index contributed by atoms with van der Waals surface area (Å²) in [7, 11) is 2.22. The third-order valence-corrected chi connectivity index (χ3v) is 4.39. The molecule has 112 valence electrons. The highest BCUT2D eigenvalue weighted by Gasteiger charge is 2.19. The van der Waals surface area contributed by atoms with Crippen LogP contribution in [-0.4, -0.2) is 44.3 Å². The molecule has 3 heteroatoms. The van der Waals surface area contributed by atoms with Gasteiger partial charge in [0.15, 0.2) is 0 Å². The van der Waals surface area contributed by atoms with Gasteiger partial charge in [0, 0.05) is 32.3 Å². The van der Waals surface area contributed by atoms with Crippen molar-refractivity contribution in [1.82, 2.24) is 4.90 Å². The van der Waals surface area contributed by atoms with Crippen molar-refractivity contribution >= 4 is 0 Å². The number of nitrogens with two attached hydrogens (primary N) is 1. The van der Waals surface area contributed by atoms with E-state index in [9.17, 15) is 0 Å². The van der Waals surface area contributed by atoms with E-state index in [-0.39, 0.29) is 0 Å². The quantitative estimate of drug-likeness (QED) is 0.830. The van der Waals surface area contributed by atoms with Gasteiger partial charge in [0.1, 0.15) is 0 Å². The highest BCUT2D eigenvalue weighted by molar-refractivity contribution is 5.14. The monoisotopic (exact) mass is 276 g/mol. The summed E-state index contributed by atoms with van der Waals surface area (Å²) in [5.41, 5.74) is 7.38. The van der Waals surface area contributed by atoms with Gasteiger partial charge in [-0.15, -0.1) is 0 Å². The Labute approximate surface area is 123 Å². The number of rotatable bonds is 7. The van der Waals surface area contributed by atoms with Gasteiger partial charge in [0.05, 0.1) is 0 Å². The molecule has 0 spiro atoms. The van der Waals surface area contributed by atoms with E-state index >= 15 is 0 Å². The molecule has 0 saturated carbocycles. The summed E-state index contributed by atoms with van der Waals surface area (Å²) >= 11 is 0. The maximum absolute atomic E-state index is 5.98. The third-order valence-electron chi connectivity index (χ3n) is 4.39. The molecule has 0 aromatic heterocycles. The van der Waals surface area contributed by atoms with E-state index in [2.05, 4.69) is 42.3 Å². The van der Waals surface area contributed by atoms with Gasteiger partial charge >= 0.3 is 0 Å². The van der Waals surface area contributed by atoms with Gasteiger partial charge in [0.25, 0.3) is 0 Å². The molecule has 0 amide bonds. The Balaban J connectivity index is 1.77. The molecule has 3 nitrogen and oxygen atoms in total. The summed E-state index contributed by atoms with van der Waals surface area (Å²) < 4.78 is 5.43. The van der Waals surface area contributed by atoms with Crippen LogP contribution in [0.1, 0.15) is 24.8 Å². The number of likely N-dealkylation sites (N-methyl/N-ethyl adjacent to an activating group) is 1. The van der Waals surface area contributed by atoms with Gasteiger partial charge in [-0.3, -0.25) is 0 Å². The zero-order valence-electron chi connectivity index (χ0n) is 12.6. The molecule has 1 aliphatic heterocycles. The smallest absolute Gasteiger partial charge is 0.0469 e. The van der Waals surface area contributed by atoms with Crippen LogP contribution in [0, 0.1) is 5.92 Å². The fourth-order valence-electron chi connectivity index (χ4n) is 2.98. The normalized spacial score (nSPS) is 18.4. The predicted molar refractivity (Wildman–Crippen MR) is 83.8 cm³/mol. The maximum atomic E-state index is 5.98. The third kappa shape index (κ3) is 4.89. The minimum Gasteiger partial charge on any atom is -0.381 e. The molecular weight excluding hydrogens is 248 g/mol. The Morgan fingerprint density at radius 1 is 1.25 bits per heavy atom. The fourth-order valence-corrected chi connectivity index (χ4v) is 2.98. The number of nitrogens with zero attached hydrogens (tertiary/aromatic N) is 1. The van der Waals surface area contributed by atoms with E-state index in [0.29, 0.717) is 6.04 Å². The Bertz CT molecular complexity index is 363. The second-order valence-corrected chi connectivity index (χ2v) is 5.91. The minimum absolute atomic E-state index is 0.484. The Hall–Kier alpha value is -0.900. The lowest BCUT2D eigenvalue weighted by atomic mass is 9.98. The number of aryl methyl sites for hydroxylation is 1. The van der Waals surface area contributed by atoms with E-state index in [0.717, 1.165) is 45.1 Å². The largest absolute Gasteiger partial charge is 0.381 e. The molecule has 1 atom stereocenters. The molecule has 1 heterocycles. The van der Waals surface area contributed by atoms with Gasteiger partial charge in [-0.25, -0.2) is 0 Å². The van der Waals surface area contributed by atoms with Crippen molar-refractivity contribution in [2.45, 2.75) is 31.7 Å². The second kappa shape index (κ2) is 8.40. The number of hydrogen-bond acceptors (Lipinski definition) is 3. The molecule has 0 bridgehead atoms. The first-order valence-electron chi connectivity index (χ1n) is 7.81. The molecule has 1 aliphatic rings. The standard InChI is InChI=1S/C17H28N2O/c1-19(14-16-9-11-20-12-10-16)17(13-18)8-7-15-5-3-2-4-6-15/h2-6,16-17H,7-14,18H2,1H3. The lowest BCUT2D eigenvalue weighted by Crippen LogP contribution is -2.41. The van der Waals surface area contributed by atoms with Crippen molar-refractivity contribution in [2.75, 3.05) is 33.4 Å². The topological polar surface area (TPSA) is 38.5 Å². The lowest BCUT2D eigenvalue weighted by molar-refractivity contribution is 0.0502. The Kier molecular flexibility index (Phi) is 6.51. The van der Waals surface area contributed by atoms with Crippen LogP contribution >= 0.6 is 0 Å². The molecule has 1 aromatic carbocycles. The van der Waals surface area contributed by atoms with Crippen molar-refractivity contribution in [3.05, 3.63) is 35.9 Å². The van der Waals surface area contributed by atoms with Crippen LogP contribution < -0.4 is 5.73 Å². The molecule has 2 N–H and O–H groups in total. The van der Waals surface area contributed by atoms with Crippen molar-refractivity contribution in [3.8, 4) is 0 Å². The van der Waals surface area contributed by atoms with Crippen LogP contribution in [0.4, 0.5) is 0 Å². The molecule has 1 saturated heterocycles. The van der Waals surface area contributed by atoms with E-state index in [1.165, 1.54) is 18.4 Å². The van der Waals surface area contributed by atoms with Crippen molar-refractivity contribution in [1.29, 1.82) is 0 Å². The Morgan fingerprint density at radius 2 is 1.95 bits per heavy atom. The van der Waals surface area contributed by atoms with Crippen molar-refractivity contribution in [2.24, 2.45) is 11.7 Å². The highest BCUT2D eigenvalue weighted by Crippen LogP contribution is 2.17. The summed E-state index contributed by atoms with van der Waals surface area (Å²) in [6, 6.07) is 11.2. The van der Waals surface area contributed by atoms with Crippen molar-refractivity contribution in [3.63, 3.8) is 0 Å². The number of benzene rings is 1. The van der Waals surface area contributed by atoms with Gasteiger partial charge in [-0.05, 0) is 44.2 Å². The lowest BCUT2D eigenvalue weighted by Gasteiger charge is -2.32. The molecular formula is C17H28N2O. The number of hydrogen-bond donors (Lipinski definition) is 1. The van der Waals surface area contributed by atoms with Crippen LogP contribution in [0.3, 0.4) is 0 Å². The zero-order chi connectivity index (χ0) is 14.2. The van der Waals surface area contributed by atoms with Gasteiger partial charge in [-0.1, -0.05) is 30.3 Å². The zero-order valence-corrected chi connectivity index (χ0v) is 12.6. The summed E-state index contributed by atoms with van der Waals surface area (Å²) in [5, 5.41) is 0. The summed E-state index contributed by atoms with van der Waals surface area (Å²) in [4.78, 5) is 2.46. The van der Waals surface area contributed by atoms with E-state index in [4.69, 9.17) is 10.5 Å². The number of ether oxygens (including phenoxy) is 1. The predicted octanol–water partition coefficient (Wildman–Crippen LogP) is 2.30. The molecule has 20 heavy (non-hydrogen) atoms. The van der Waals surface area contributed by atoms with Crippen LogP contribution in [0.15, 0.2) is 30.3 Å². The van der Waals surface area contributed by atoms with Crippen LogP contribution in [-0.2, 0) is 11.2 Å². The molecule has 1 aromatic rings. The second-order valence-electron chi connectivity index (χ2n) is 5.91. The van der Waals surface area contributed by atoms with Crippen LogP contribution in [0.5, 0.6) is 0 Å². The molecule has 1 fully saturated rings. The molecule has 0 radical (unpaired) electrons. The van der Waals surface area contributed by atoms with Gasteiger partial charge in [-0.2, -0.15) is 0 Å². The minimum atomic E-state index is 0.484. The van der Waals surface area contributed by atoms with Crippen molar-refractivity contribution < 1.29 is 4.74 Å². The maximum Gasteiger partial charge on any atom is 0.0469 e. The van der Waals surface area contributed by atoms with Crippen LogP contribution in [0.2, 0.25) is 0 Å². The average molecular weight is 276 g/mol. The summed E-state index contributed by atoms with van der Waals surface area (Å²) in [5.74, 6) is 0.777. The van der Waals surface area contributed by atoms with E-state index in [1.54, 1.807) is 0 Å². The fraction of sp³-hybridized carbons (Fsp3) is 0.647. The average Bonchev–Trinajstić information content (AvgIpc) is 2.50. The van der Waals surface area contributed by atoms with E-state index in [1.807, 2.05) is 0 Å². The van der Waals surface area contributed by atoms with Gasteiger partial charge < -0.3 is 15.4 Å². The molecule has 1 unspecified atom stereocenters. The van der Waals surface area contributed by atoms with Gasteiger partial charge in [0.2, 0.25) is 0 Å². The first-order valence-corrected chi connectivity index (χ1v) is 7.81. The SMILES string of the molecule is CN(CC1CCOCC1)C(CN)CCc1ccccc1.